The van der Waals surface area contributed by atoms with Crippen LogP contribution in [0.2, 0.25) is 0 Å². The highest BCUT2D eigenvalue weighted by Crippen LogP contribution is 2.36. The minimum Gasteiger partial charge on any atom is -0.385 e. The van der Waals surface area contributed by atoms with Gasteiger partial charge in [-0.2, -0.15) is 13.2 Å². The van der Waals surface area contributed by atoms with Crippen molar-refractivity contribution >= 4 is 5.91 Å². The van der Waals surface area contributed by atoms with Crippen LogP contribution in [0.3, 0.4) is 0 Å². The summed E-state index contributed by atoms with van der Waals surface area (Å²) >= 11 is 0. The average Bonchev–Trinajstić information content (AvgIpc) is 3.15. The maximum atomic E-state index is 13.2. The summed E-state index contributed by atoms with van der Waals surface area (Å²) in [5.41, 5.74) is -0.962. The van der Waals surface area contributed by atoms with Gasteiger partial charge < -0.3 is 19.5 Å². The highest BCUT2D eigenvalue weighted by atomic mass is 19.4. The molecule has 6 nitrogen and oxygen atoms in total. The molecule has 1 fully saturated rings. The Morgan fingerprint density at radius 2 is 2.19 bits per heavy atom. The maximum Gasteiger partial charge on any atom is 0.417 e. The molecule has 0 bridgehead atoms. The summed E-state index contributed by atoms with van der Waals surface area (Å²) in [6.45, 7) is 2.22. The molecule has 2 heterocycles. The Morgan fingerprint density at radius 1 is 1.41 bits per heavy atom. The lowest BCUT2D eigenvalue weighted by molar-refractivity contribution is -0.137. The summed E-state index contributed by atoms with van der Waals surface area (Å²) in [7, 11) is 1.59. The molecule has 1 saturated heterocycles. The number of ether oxygens (including phenoxy) is 1. The molecule has 146 valence electrons. The van der Waals surface area contributed by atoms with Gasteiger partial charge in [-0.3, -0.25) is 4.79 Å². The van der Waals surface area contributed by atoms with Crippen molar-refractivity contribution < 1.29 is 27.2 Å². The lowest BCUT2D eigenvalue weighted by atomic mass is 10.0. The molecule has 1 N–H and O–H groups in total. The van der Waals surface area contributed by atoms with Gasteiger partial charge in [-0.1, -0.05) is 23.4 Å². The van der Waals surface area contributed by atoms with E-state index in [4.69, 9.17) is 9.26 Å². The van der Waals surface area contributed by atoms with E-state index in [1.165, 1.54) is 24.3 Å². The molecular formula is C18H20F3N3O3. The van der Waals surface area contributed by atoms with E-state index in [-0.39, 0.29) is 29.0 Å². The zero-order chi connectivity index (χ0) is 19.4. The second-order valence-electron chi connectivity index (χ2n) is 6.26. The minimum absolute atomic E-state index is 0.0187. The maximum absolute atomic E-state index is 13.2. The Bertz CT molecular complexity index is 791. The number of hydrogen-bond donors (Lipinski definition) is 1. The van der Waals surface area contributed by atoms with Crippen LogP contribution < -0.4 is 5.32 Å². The first-order valence-corrected chi connectivity index (χ1v) is 8.55. The highest BCUT2D eigenvalue weighted by Gasteiger charge is 2.35. The Morgan fingerprint density at radius 3 is 2.93 bits per heavy atom. The normalized spacial score (nSPS) is 17.9. The van der Waals surface area contributed by atoms with Crippen LogP contribution >= 0.6 is 0 Å². The number of alkyl halides is 3. The number of aromatic nitrogens is 1. The summed E-state index contributed by atoms with van der Waals surface area (Å²) in [5, 5.41) is 6.92. The third-order valence-corrected chi connectivity index (χ3v) is 4.50. The lowest BCUT2D eigenvalue weighted by Crippen LogP contribution is -2.53. The van der Waals surface area contributed by atoms with Gasteiger partial charge in [0.05, 0.1) is 5.56 Å². The van der Waals surface area contributed by atoms with E-state index < -0.39 is 11.7 Å². The first kappa shape index (κ1) is 19.4. The van der Waals surface area contributed by atoms with Crippen molar-refractivity contribution in [3.05, 3.63) is 41.7 Å². The summed E-state index contributed by atoms with van der Waals surface area (Å²) in [5.74, 6) is -0.466. The van der Waals surface area contributed by atoms with Crippen LogP contribution in [0.4, 0.5) is 13.2 Å². The van der Waals surface area contributed by atoms with Gasteiger partial charge in [-0.15, -0.1) is 0 Å². The largest absolute Gasteiger partial charge is 0.417 e. The Labute approximate surface area is 154 Å². The number of amides is 1. The monoisotopic (exact) mass is 383 g/mol. The number of methoxy groups -OCH3 is 1. The number of benzene rings is 1. The number of rotatable bonds is 5. The van der Waals surface area contributed by atoms with E-state index in [0.717, 1.165) is 6.07 Å². The number of piperazine rings is 1. The third kappa shape index (κ3) is 4.30. The Kier molecular flexibility index (Phi) is 5.81. The molecule has 1 amide bonds. The van der Waals surface area contributed by atoms with E-state index in [9.17, 15) is 18.0 Å². The molecule has 0 saturated carbocycles. The van der Waals surface area contributed by atoms with E-state index in [1.54, 1.807) is 12.0 Å². The van der Waals surface area contributed by atoms with Gasteiger partial charge in [0, 0.05) is 51.0 Å². The quantitative estimate of drug-likeness (QED) is 0.860. The van der Waals surface area contributed by atoms with Crippen LogP contribution in [-0.2, 0) is 10.9 Å². The topological polar surface area (TPSA) is 67.6 Å². The van der Waals surface area contributed by atoms with E-state index >= 15 is 0 Å². The lowest BCUT2D eigenvalue weighted by Gasteiger charge is -2.35. The van der Waals surface area contributed by atoms with Crippen LogP contribution in [0.15, 0.2) is 34.9 Å². The number of hydrogen-bond acceptors (Lipinski definition) is 5. The standard InChI is InChI=1S/C18H20F3N3O3/c1-26-9-6-12-11-22-7-8-24(12)17(25)16-10-15(23-27-16)13-4-2-3-5-14(13)18(19,20)21/h2-5,10,12,22H,6-9,11H2,1H3. The van der Waals surface area contributed by atoms with Gasteiger partial charge in [0.1, 0.15) is 5.69 Å². The van der Waals surface area contributed by atoms with Crippen molar-refractivity contribution in [1.29, 1.82) is 0 Å². The van der Waals surface area contributed by atoms with E-state index in [0.29, 0.717) is 32.7 Å². The predicted molar refractivity (Wildman–Crippen MR) is 91.1 cm³/mol. The van der Waals surface area contributed by atoms with Gasteiger partial charge in [0.15, 0.2) is 0 Å². The van der Waals surface area contributed by atoms with Gasteiger partial charge >= 0.3 is 6.18 Å². The zero-order valence-electron chi connectivity index (χ0n) is 14.8. The molecule has 0 spiro atoms. The number of halogens is 3. The molecule has 1 unspecified atom stereocenters. The van der Waals surface area contributed by atoms with Crippen LogP contribution in [0.5, 0.6) is 0 Å². The fourth-order valence-corrected chi connectivity index (χ4v) is 3.14. The molecule has 1 aromatic carbocycles. The first-order chi connectivity index (χ1) is 12.9. The number of nitrogens with zero attached hydrogens (tertiary/aromatic N) is 2. The molecule has 27 heavy (non-hydrogen) atoms. The van der Waals surface area contributed by atoms with E-state index in [2.05, 4.69) is 10.5 Å². The molecule has 1 atom stereocenters. The summed E-state index contributed by atoms with van der Waals surface area (Å²) < 4.78 is 49.8. The fourth-order valence-electron chi connectivity index (χ4n) is 3.14. The number of carbonyl (C=O) groups excluding carboxylic acids is 1. The molecule has 9 heteroatoms. The van der Waals surface area contributed by atoms with Gasteiger partial charge in [-0.05, 0) is 12.5 Å². The fraction of sp³-hybridized carbons (Fsp3) is 0.444. The van der Waals surface area contributed by atoms with Crippen LogP contribution in [0.1, 0.15) is 22.5 Å². The average molecular weight is 383 g/mol. The summed E-state index contributed by atoms with van der Waals surface area (Å²) in [6.07, 6.45) is -3.88. The molecule has 1 aromatic heterocycles. The van der Waals surface area contributed by atoms with Crippen LogP contribution in [0, 0.1) is 0 Å². The second-order valence-corrected chi connectivity index (χ2v) is 6.26. The van der Waals surface area contributed by atoms with Crippen molar-refractivity contribution in [2.75, 3.05) is 33.4 Å². The molecular weight excluding hydrogens is 363 g/mol. The summed E-state index contributed by atoms with van der Waals surface area (Å²) in [6, 6.07) is 6.26. The second kappa shape index (κ2) is 8.10. The van der Waals surface area contributed by atoms with Crippen LogP contribution in [0.25, 0.3) is 11.3 Å². The van der Waals surface area contributed by atoms with Crippen molar-refractivity contribution in [2.24, 2.45) is 0 Å². The Hall–Kier alpha value is -2.39. The molecule has 0 aliphatic carbocycles. The van der Waals surface area contributed by atoms with Crippen LogP contribution in [-0.4, -0.2) is 55.4 Å². The molecule has 0 radical (unpaired) electrons. The van der Waals surface area contributed by atoms with Crippen molar-refractivity contribution in [1.82, 2.24) is 15.4 Å². The summed E-state index contributed by atoms with van der Waals surface area (Å²) in [4.78, 5) is 14.4. The molecule has 1 aliphatic heterocycles. The SMILES string of the molecule is COCCC1CNCCN1C(=O)c1cc(-c2ccccc2C(F)(F)F)no1. The number of nitrogens with one attached hydrogen (secondary N) is 1. The molecule has 3 rings (SSSR count). The third-order valence-electron chi connectivity index (χ3n) is 4.50. The van der Waals surface area contributed by atoms with Crippen molar-refractivity contribution in [2.45, 2.75) is 18.6 Å². The predicted octanol–water partition coefficient (Wildman–Crippen LogP) is 2.81. The highest BCUT2D eigenvalue weighted by molar-refractivity contribution is 5.92. The van der Waals surface area contributed by atoms with Crippen molar-refractivity contribution in [3.63, 3.8) is 0 Å². The Balaban J connectivity index is 1.84. The van der Waals surface area contributed by atoms with Crippen molar-refractivity contribution in [3.8, 4) is 11.3 Å². The van der Waals surface area contributed by atoms with Gasteiger partial charge in [0.25, 0.3) is 5.91 Å². The molecule has 1 aliphatic rings. The smallest absolute Gasteiger partial charge is 0.385 e. The van der Waals surface area contributed by atoms with Gasteiger partial charge in [0.2, 0.25) is 5.76 Å². The molecule has 2 aromatic rings. The van der Waals surface area contributed by atoms with Gasteiger partial charge in [-0.25, -0.2) is 0 Å². The first-order valence-electron chi connectivity index (χ1n) is 8.55. The number of carbonyl (C=O) groups is 1. The minimum atomic E-state index is -4.52. The zero-order valence-corrected chi connectivity index (χ0v) is 14.8. The van der Waals surface area contributed by atoms with E-state index in [1.807, 2.05) is 0 Å².